The standard InChI is InChI=1S/C15H23NO2/c1-11-9-13-14(18-8-7-17-13)10-12(11)5-4-6-15(2,3)16/h9-10H,4-8,16H2,1-3H3. The molecule has 2 N–H and O–H groups in total. The van der Waals surface area contributed by atoms with Gasteiger partial charge in [0.25, 0.3) is 0 Å². The first-order valence-electron chi connectivity index (χ1n) is 6.64. The van der Waals surface area contributed by atoms with E-state index in [-0.39, 0.29) is 5.54 Å². The van der Waals surface area contributed by atoms with Gasteiger partial charge in [-0.25, -0.2) is 0 Å². The van der Waals surface area contributed by atoms with Crippen molar-refractivity contribution in [3.63, 3.8) is 0 Å². The molecule has 0 atom stereocenters. The van der Waals surface area contributed by atoms with Gasteiger partial charge in [0.15, 0.2) is 11.5 Å². The lowest BCUT2D eigenvalue weighted by Crippen LogP contribution is -2.31. The Bertz CT molecular complexity index is 421. The van der Waals surface area contributed by atoms with Crippen LogP contribution in [0.2, 0.25) is 0 Å². The Balaban J connectivity index is 2.04. The van der Waals surface area contributed by atoms with Gasteiger partial charge < -0.3 is 15.2 Å². The molecule has 0 aliphatic carbocycles. The van der Waals surface area contributed by atoms with E-state index in [1.807, 2.05) is 0 Å². The Kier molecular flexibility index (Phi) is 3.81. The summed E-state index contributed by atoms with van der Waals surface area (Å²) in [5.41, 5.74) is 8.53. The van der Waals surface area contributed by atoms with Gasteiger partial charge in [-0.15, -0.1) is 0 Å². The van der Waals surface area contributed by atoms with Gasteiger partial charge in [-0.2, -0.15) is 0 Å². The van der Waals surface area contributed by atoms with Gasteiger partial charge in [-0.05, 0) is 63.3 Å². The van der Waals surface area contributed by atoms with E-state index in [2.05, 4.69) is 32.9 Å². The normalized spacial score (nSPS) is 14.7. The topological polar surface area (TPSA) is 44.5 Å². The van der Waals surface area contributed by atoms with E-state index < -0.39 is 0 Å². The largest absolute Gasteiger partial charge is 0.486 e. The minimum absolute atomic E-state index is 0.0816. The predicted octanol–water partition coefficient (Wildman–Crippen LogP) is 2.83. The number of nitrogens with two attached hydrogens (primary N) is 1. The van der Waals surface area contributed by atoms with Gasteiger partial charge in [0.05, 0.1) is 0 Å². The minimum Gasteiger partial charge on any atom is -0.486 e. The molecule has 0 amide bonds. The van der Waals surface area contributed by atoms with Crippen LogP contribution in [0.3, 0.4) is 0 Å². The summed E-state index contributed by atoms with van der Waals surface area (Å²) < 4.78 is 11.2. The van der Waals surface area contributed by atoms with Crippen LogP contribution in [0.15, 0.2) is 12.1 Å². The van der Waals surface area contributed by atoms with E-state index in [0.29, 0.717) is 13.2 Å². The Morgan fingerprint density at radius 3 is 2.39 bits per heavy atom. The van der Waals surface area contributed by atoms with Gasteiger partial charge >= 0.3 is 0 Å². The third kappa shape index (κ3) is 3.39. The van der Waals surface area contributed by atoms with Crippen molar-refractivity contribution in [3.8, 4) is 11.5 Å². The lowest BCUT2D eigenvalue weighted by Gasteiger charge is -2.21. The maximum absolute atomic E-state index is 6.00. The van der Waals surface area contributed by atoms with Crippen molar-refractivity contribution in [2.24, 2.45) is 5.73 Å². The maximum Gasteiger partial charge on any atom is 0.161 e. The van der Waals surface area contributed by atoms with E-state index in [9.17, 15) is 0 Å². The minimum atomic E-state index is -0.0816. The molecule has 3 heteroatoms. The Labute approximate surface area is 109 Å². The molecule has 1 aliphatic heterocycles. The molecule has 100 valence electrons. The first-order chi connectivity index (χ1) is 8.46. The number of hydrogen-bond acceptors (Lipinski definition) is 3. The monoisotopic (exact) mass is 249 g/mol. The number of hydrogen-bond donors (Lipinski definition) is 1. The second kappa shape index (κ2) is 5.19. The van der Waals surface area contributed by atoms with E-state index >= 15 is 0 Å². The quantitative estimate of drug-likeness (QED) is 0.892. The summed E-state index contributed by atoms with van der Waals surface area (Å²) in [6.45, 7) is 7.56. The highest BCUT2D eigenvalue weighted by Gasteiger charge is 2.15. The zero-order chi connectivity index (χ0) is 13.2. The van der Waals surface area contributed by atoms with Crippen molar-refractivity contribution in [2.45, 2.75) is 45.6 Å². The number of rotatable bonds is 4. The van der Waals surface area contributed by atoms with Crippen LogP contribution in [-0.4, -0.2) is 18.8 Å². The number of fused-ring (bicyclic) bond motifs is 1. The van der Waals surface area contributed by atoms with E-state index in [0.717, 1.165) is 30.8 Å². The molecule has 3 nitrogen and oxygen atoms in total. The van der Waals surface area contributed by atoms with Crippen molar-refractivity contribution >= 4 is 0 Å². The second-order valence-electron chi connectivity index (χ2n) is 5.76. The van der Waals surface area contributed by atoms with Crippen molar-refractivity contribution in [2.75, 3.05) is 13.2 Å². The van der Waals surface area contributed by atoms with Crippen LogP contribution in [0, 0.1) is 6.92 Å². The number of benzene rings is 1. The molecule has 0 aromatic heterocycles. The summed E-state index contributed by atoms with van der Waals surface area (Å²) in [6, 6.07) is 4.20. The van der Waals surface area contributed by atoms with Gasteiger partial charge in [0.1, 0.15) is 13.2 Å². The SMILES string of the molecule is Cc1cc2c(cc1CCCC(C)(C)N)OCCO2. The molecule has 0 fully saturated rings. The van der Waals surface area contributed by atoms with Crippen LogP contribution in [-0.2, 0) is 6.42 Å². The van der Waals surface area contributed by atoms with Crippen molar-refractivity contribution in [3.05, 3.63) is 23.3 Å². The Morgan fingerprint density at radius 1 is 1.17 bits per heavy atom. The highest BCUT2D eigenvalue weighted by molar-refractivity contribution is 5.47. The smallest absolute Gasteiger partial charge is 0.161 e. The summed E-state index contributed by atoms with van der Waals surface area (Å²) in [6.07, 6.45) is 3.17. The zero-order valence-corrected chi connectivity index (χ0v) is 11.6. The molecule has 0 unspecified atom stereocenters. The average Bonchev–Trinajstić information content (AvgIpc) is 2.28. The summed E-state index contributed by atoms with van der Waals surface area (Å²) >= 11 is 0. The molecular weight excluding hydrogens is 226 g/mol. The van der Waals surface area contributed by atoms with Crippen molar-refractivity contribution in [1.82, 2.24) is 0 Å². The third-order valence-electron chi connectivity index (χ3n) is 3.27. The van der Waals surface area contributed by atoms with Gasteiger partial charge in [-0.1, -0.05) is 0 Å². The van der Waals surface area contributed by atoms with Gasteiger partial charge in [0, 0.05) is 5.54 Å². The van der Waals surface area contributed by atoms with Crippen LogP contribution in [0.1, 0.15) is 37.8 Å². The first kappa shape index (κ1) is 13.2. The molecule has 0 spiro atoms. The number of ether oxygens (including phenoxy) is 2. The third-order valence-corrected chi connectivity index (χ3v) is 3.27. The Morgan fingerprint density at radius 2 is 1.78 bits per heavy atom. The van der Waals surface area contributed by atoms with Crippen LogP contribution in [0.25, 0.3) is 0 Å². The fraction of sp³-hybridized carbons (Fsp3) is 0.600. The summed E-state index contributed by atoms with van der Waals surface area (Å²) in [7, 11) is 0. The fourth-order valence-electron chi connectivity index (χ4n) is 2.24. The molecule has 1 aromatic carbocycles. The molecule has 0 saturated carbocycles. The first-order valence-corrected chi connectivity index (χ1v) is 6.64. The summed E-state index contributed by atoms with van der Waals surface area (Å²) in [5.74, 6) is 1.76. The summed E-state index contributed by atoms with van der Waals surface area (Å²) in [4.78, 5) is 0. The van der Waals surface area contributed by atoms with Gasteiger partial charge in [-0.3, -0.25) is 0 Å². The highest BCUT2D eigenvalue weighted by Crippen LogP contribution is 2.33. The fourth-order valence-corrected chi connectivity index (χ4v) is 2.24. The molecule has 0 radical (unpaired) electrons. The lowest BCUT2D eigenvalue weighted by atomic mass is 9.95. The van der Waals surface area contributed by atoms with Crippen molar-refractivity contribution in [1.29, 1.82) is 0 Å². The summed E-state index contributed by atoms with van der Waals surface area (Å²) in [5, 5.41) is 0. The second-order valence-corrected chi connectivity index (χ2v) is 5.76. The van der Waals surface area contributed by atoms with Crippen LogP contribution >= 0.6 is 0 Å². The van der Waals surface area contributed by atoms with Crippen LogP contribution < -0.4 is 15.2 Å². The Hall–Kier alpha value is -1.22. The molecule has 0 saturated heterocycles. The molecule has 1 aromatic rings. The average molecular weight is 249 g/mol. The molecular formula is C15H23NO2. The molecule has 1 aliphatic rings. The predicted molar refractivity (Wildman–Crippen MR) is 73.4 cm³/mol. The molecule has 18 heavy (non-hydrogen) atoms. The van der Waals surface area contributed by atoms with Gasteiger partial charge in [0.2, 0.25) is 0 Å². The molecule has 2 rings (SSSR count). The highest BCUT2D eigenvalue weighted by atomic mass is 16.6. The van der Waals surface area contributed by atoms with Crippen molar-refractivity contribution < 1.29 is 9.47 Å². The maximum atomic E-state index is 6.00. The van der Waals surface area contributed by atoms with Crippen LogP contribution in [0.5, 0.6) is 11.5 Å². The van der Waals surface area contributed by atoms with E-state index in [1.54, 1.807) is 0 Å². The van der Waals surface area contributed by atoms with Crippen LogP contribution in [0.4, 0.5) is 0 Å². The molecule has 0 bridgehead atoms. The lowest BCUT2D eigenvalue weighted by molar-refractivity contribution is 0.171. The van der Waals surface area contributed by atoms with E-state index in [1.165, 1.54) is 11.1 Å². The zero-order valence-electron chi connectivity index (χ0n) is 11.6. The van der Waals surface area contributed by atoms with E-state index in [4.69, 9.17) is 15.2 Å². The molecule has 1 heterocycles. The number of aryl methyl sites for hydroxylation is 2.